The second kappa shape index (κ2) is 10.3. The first-order chi connectivity index (χ1) is 12.1. The Bertz CT molecular complexity index is 599. The summed E-state index contributed by atoms with van der Waals surface area (Å²) in [6.45, 7) is 6.90. The van der Waals surface area contributed by atoms with E-state index < -0.39 is 18.4 Å². The SMILES string of the molecule is CCC[CH2][Sn]([CH2]CCC)([CH2]CCC)[c]1ccn(-c2ccc(F)cc2)n1. The van der Waals surface area contributed by atoms with Crippen LogP contribution in [0, 0.1) is 5.82 Å². The van der Waals surface area contributed by atoms with Crippen LogP contribution in [-0.2, 0) is 0 Å². The average Bonchev–Trinajstić information content (AvgIpc) is 3.13. The molecule has 0 aliphatic carbocycles. The van der Waals surface area contributed by atoms with Crippen molar-refractivity contribution in [3.05, 3.63) is 42.3 Å². The molecule has 0 saturated heterocycles. The van der Waals surface area contributed by atoms with E-state index in [1.54, 1.807) is 0 Å². The van der Waals surface area contributed by atoms with Crippen LogP contribution in [-0.4, -0.2) is 28.2 Å². The third-order valence-corrected chi connectivity index (χ3v) is 20.3. The molecule has 0 unspecified atom stereocenters. The van der Waals surface area contributed by atoms with Gasteiger partial charge in [0.1, 0.15) is 0 Å². The quantitative estimate of drug-likeness (QED) is 0.380. The van der Waals surface area contributed by atoms with Crippen LogP contribution in [0.3, 0.4) is 0 Å². The molecule has 0 atom stereocenters. The van der Waals surface area contributed by atoms with Gasteiger partial charge in [-0.1, -0.05) is 0 Å². The topological polar surface area (TPSA) is 17.8 Å². The van der Waals surface area contributed by atoms with E-state index >= 15 is 0 Å². The molecule has 138 valence electrons. The number of benzene rings is 1. The molecule has 1 aromatic heterocycles. The van der Waals surface area contributed by atoms with E-state index in [4.69, 9.17) is 5.10 Å². The Morgan fingerprint density at radius 1 is 0.840 bits per heavy atom. The van der Waals surface area contributed by atoms with Crippen molar-refractivity contribution in [1.82, 2.24) is 9.78 Å². The number of aromatic nitrogens is 2. The molecule has 0 radical (unpaired) electrons. The minimum atomic E-state index is -2.46. The average molecular weight is 451 g/mol. The molecule has 2 aromatic rings. The Morgan fingerprint density at radius 3 is 1.84 bits per heavy atom. The molecule has 0 amide bonds. The first kappa shape index (κ1) is 20.5. The van der Waals surface area contributed by atoms with Gasteiger partial charge in [0, 0.05) is 0 Å². The molecule has 0 bridgehead atoms. The van der Waals surface area contributed by atoms with Gasteiger partial charge in [-0.15, -0.1) is 0 Å². The first-order valence-electron chi connectivity index (χ1n) is 9.97. The van der Waals surface area contributed by atoms with Gasteiger partial charge in [-0.3, -0.25) is 0 Å². The van der Waals surface area contributed by atoms with Gasteiger partial charge in [0.15, 0.2) is 0 Å². The van der Waals surface area contributed by atoms with Crippen LogP contribution in [0.5, 0.6) is 0 Å². The van der Waals surface area contributed by atoms with Gasteiger partial charge in [-0.2, -0.15) is 0 Å². The van der Waals surface area contributed by atoms with Crippen LogP contribution in [0.4, 0.5) is 4.39 Å². The van der Waals surface area contributed by atoms with Crippen molar-refractivity contribution < 1.29 is 4.39 Å². The first-order valence-corrected chi connectivity index (χ1v) is 17.5. The van der Waals surface area contributed by atoms with E-state index in [1.165, 1.54) is 67.7 Å². The summed E-state index contributed by atoms with van der Waals surface area (Å²) < 4.78 is 20.8. The number of hydrogen-bond acceptors (Lipinski definition) is 1. The molecule has 0 spiro atoms. The number of unbranched alkanes of at least 4 members (excludes halogenated alkanes) is 3. The Morgan fingerprint density at radius 2 is 1.36 bits per heavy atom. The van der Waals surface area contributed by atoms with Crippen molar-refractivity contribution in [1.29, 1.82) is 0 Å². The summed E-state index contributed by atoms with van der Waals surface area (Å²) in [6.07, 6.45) is 9.92. The number of rotatable bonds is 11. The molecular formula is C21H33FN2Sn. The molecular weight excluding hydrogens is 418 g/mol. The van der Waals surface area contributed by atoms with Gasteiger partial charge >= 0.3 is 157 Å². The zero-order valence-electron chi connectivity index (χ0n) is 16.1. The van der Waals surface area contributed by atoms with Crippen LogP contribution >= 0.6 is 0 Å². The van der Waals surface area contributed by atoms with Crippen molar-refractivity contribution in [2.45, 2.75) is 72.6 Å². The van der Waals surface area contributed by atoms with Crippen LogP contribution in [0.2, 0.25) is 13.3 Å². The van der Waals surface area contributed by atoms with Crippen molar-refractivity contribution >= 4 is 22.1 Å². The monoisotopic (exact) mass is 452 g/mol. The summed E-state index contributed by atoms with van der Waals surface area (Å²) in [5.41, 5.74) is 0.953. The summed E-state index contributed by atoms with van der Waals surface area (Å²) in [5, 5.41) is 5.03. The van der Waals surface area contributed by atoms with E-state index in [0.29, 0.717) is 0 Å². The summed E-state index contributed by atoms with van der Waals surface area (Å²) in [4.78, 5) is 0. The molecule has 0 fully saturated rings. The molecule has 0 aliphatic heterocycles. The van der Waals surface area contributed by atoms with Gasteiger partial charge in [0.2, 0.25) is 0 Å². The van der Waals surface area contributed by atoms with E-state index in [2.05, 4.69) is 33.0 Å². The van der Waals surface area contributed by atoms with E-state index in [0.717, 1.165) is 5.69 Å². The predicted octanol–water partition coefficient (Wildman–Crippen LogP) is 6.07. The standard InChI is InChI=1S/C9H6FN2.3C4H9.Sn/c10-8-2-4-9(5-3-8)12-7-1-6-11-12;3*1-3-4-2;/h1-5,7H;3*1,3-4H2,2H3;. The molecule has 1 aromatic carbocycles. The number of halogens is 1. The summed E-state index contributed by atoms with van der Waals surface area (Å²) >= 11 is -2.46. The van der Waals surface area contributed by atoms with Gasteiger partial charge in [0.05, 0.1) is 0 Å². The van der Waals surface area contributed by atoms with Crippen LogP contribution in [0.25, 0.3) is 5.69 Å². The Kier molecular flexibility index (Phi) is 8.47. The molecule has 2 rings (SSSR count). The maximum absolute atomic E-state index is 13.2. The van der Waals surface area contributed by atoms with Crippen molar-refractivity contribution in [2.24, 2.45) is 0 Å². The van der Waals surface area contributed by atoms with Gasteiger partial charge < -0.3 is 0 Å². The van der Waals surface area contributed by atoms with Gasteiger partial charge in [0.25, 0.3) is 0 Å². The maximum atomic E-state index is 13.2. The van der Waals surface area contributed by atoms with E-state index in [1.807, 2.05) is 16.8 Å². The van der Waals surface area contributed by atoms with Crippen molar-refractivity contribution in [3.63, 3.8) is 0 Å². The molecule has 2 nitrogen and oxygen atoms in total. The normalized spacial score (nSPS) is 11.8. The third-order valence-electron chi connectivity index (χ3n) is 5.25. The Labute approximate surface area is 156 Å². The summed E-state index contributed by atoms with van der Waals surface area (Å²) in [6, 6.07) is 8.93. The number of hydrogen-bond donors (Lipinski definition) is 0. The van der Waals surface area contributed by atoms with Crippen LogP contribution in [0.15, 0.2) is 36.5 Å². The molecule has 0 aliphatic rings. The van der Waals surface area contributed by atoms with E-state index in [-0.39, 0.29) is 5.82 Å². The number of nitrogens with zero attached hydrogens (tertiary/aromatic N) is 2. The summed E-state index contributed by atoms with van der Waals surface area (Å²) in [5.74, 6) is -0.196. The fraction of sp³-hybridized carbons (Fsp3) is 0.571. The Balaban J connectivity index is 2.32. The fourth-order valence-corrected chi connectivity index (χ4v) is 18.9. The van der Waals surface area contributed by atoms with Crippen LogP contribution in [0.1, 0.15) is 59.3 Å². The molecule has 25 heavy (non-hydrogen) atoms. The second-order valence-corrected chi connectivity index (χ2v) is 20.3. The van der Waals surface area contributed by atoms with Gasteiger partial charge in [-0.05, 0) is 0 Å². The molecule has 4 heteroatoms. The fourth-order valence-electron chi connectivity index (χ4n) is 3.65. The molecule has 1 heterocycles. The minimum absolute atomic E-state index is 0.196. The van der Waals surface area contributed by atoms with E-state index in [9.17, 15) is 4.39 Å². The summed E-state index contributed by atoms with van der Waals surface area (Å²) in [7, 11) is 0. The van der Waals surface area contributed by atoms with Gasteiger partial charge in [-0.25, -0.2) is 0 Å². The van der Waals surface area contributed by atoms with Crippen molar-refractivity contribution in [2.75, 3.05) is 0 Å². The zero-order valence-corrected chi connectivity index (χ0v) is 19.0. The van der Waals surface area contributed by atoms with Crippen LogP contribution < -0.4 is 3.71 Å². The zero-order chi connectivity index (χ0) is 18.1. The van der Waals surface area contributed by atoms with Crippen molar-refractivity contribution in [3.8, 4) is 5.69 Å². The molecule has 0 saturated carbocycles. The Hall–Kier alpha value is -0.841. The third kappa shape index (κ3) is 5.57. The second-order valence-electron chi connectivity index (χ2n) is 7.21. The molecule has 0 N–H and O–H groups in total. The predicted molar refractivity (Wildman–Crippen MR) is 108 cm³/mol.